The van der Waals surface area contributed by atoms with Crippen molar-refractivity contribution < 1.29 is 4.42 Å². The van der Waals surface area contributed by atoms with E-state index >= 15 is 0 Å². The van der Waals surface area contributed by atoms with Crippen LogP contribution in [-0.4, -0.2) is 15.0 Å². The molecule has 0 atom stereocenters. The molecule has 0 fully saturated rings. The molecule has 12 aromatic rings. The minimum absolute atomic E-state index is 0.155. The van der Waals surface area contributed by atoms with Crippen LogP contribution in [-0.2, 0) is 5.41 Å². The number of hydrogen-bond acceptors (Lipinski definition) is 5. The van der Waals surface area contributed by atoms with Crippen molar-refractivity contribution in [3.05, 3.63) is 254 Å². The third-order valence-electron chi connectivity index (χ3n) is 14.2. The van der Waals surface area contributed by atoms with Crippen LogP contribution < -0.4 is 4.90 Å². The Hall–Kier alpha value is -9.19. The Labute approximate surface area is 413 Å². The van der Waals surface area contributed by atoms with Gasteiger partial charge in [0.25, 0.3) is 0 Å². The summed E-state index contributed by atoms with van der Waals surface area (Å²) in [7, 11) is 0. The van der Waals surface area contributed by atoms with Crippen LogP contribution in [0.1, 0.15) is 25.0 Å². The van der Waals surface area contributed by atoms with Crippen molar-refractivity contribution in [1.82, 2.24) is 15.0 Å². The molecule has 5 nitrogen and oxygen atoms in total. The van der Waals surface area contributed by atoms with Gasteiger partial charge in [0, 0.05) is 49.8 Å². The minimum Gasteiger partial charge on any atom is -0.456 e. The Balaban J connectivity index is 0.995. The average molecular weight is 911 g/mol. The first-order chi connectivity index (χ1) is 35.0. The normalized spacial score (nSPS) is 12.5. The fraction of sp³-hybridized carbons (Fsp3) is 0.0455. The predicted molar refractivity (Wildman–Crippen MR) is 292 cm³/mol. The van der Waals surface area contributed by atoms with Crippen molar-refractivity contribution in [2.24, 2.45) is 0 Å². The highest BCUT2D eigenvalue weighted by molar-refractivity contribution is 6.13. The number of fused-ring (bicyclic) bond motifs is 6. The van der Waals surface area contributed by atoms with Crippen molar-refractivity contribution in [2.75, 3.05) is 4.90 Å². The second kappa shape index (κ2) is 17.1. The molecular weight excluding hydrogens is 865 g/mol. The molecule has 2 aromatic heterocycles. The highest BCUT2D eigenvalue weighted by Crippen LogP contribution is 2.54. The molecule has 10 aromatic carbocycles. The fourth-order valence-electron chi connectivity index (χ4n) is 10.7. The third kappa shape index (κ3) is 7.29. The largest absolute Gasteiger partial charge is 0.456 e. The quantitative estimate of drug-likeness (QED) is 0.144. The maximum absolute atomic E-state index is 6.63. The lowest BCUT2D eigenvalue weighted by molar-refractivity contribution is 0.660. The molecule has 13 rings (SSSR count). The van der Waals surface area contributed by atoms with Gasteiger partial charge in [0.15, 0.2) is 17.5 Å². The van der Waals surface area contributed by atoms with E-state index in [0.717, 1.165) is 77.9 Å². The average Bonchev–Trinajstić information content (AvgIpc) is 3.93. The van der Waals surface area contributed by atoms with Gasteiger partial charge in [-0.15, -0.1) is 0 Å². The second-order valence-electron chi connectivity index (χ2n) is 18.7. The van der Waals surface area contributed by atoms with Gasteiger partial charge in [-0.2, -0.15) is 0 Å². The lowest BCUT2D eigenvalue weighted by atomic mass is 9.82. The van der Waals surface area contributed by atoms with Gasteiger partial charge in [-0.25, -0.2) is 15.0 Å². The van der Waals surface area contributed by atoms with Crippen LogP contribution in [0.2, 0.25) is 0 Å². The second-order valence-corrected chi connectivity index (χ2v) is 18.7. The van der Waals surface area contributed by atoms with Crippen LogP contribution in [0, 0.1) is 0 Å². The Bertz CT molecular complexity index is 3880. The van der Waals surface area contributed by atoms with Crippen molar-refractivity contribution in [3.8, 4) is 78.7 Å². The maximum atomic E-state index is 6.63. The summed E-state index contributed by atoms with van der Waals surface area (Å²) in [5, 5.41) is 1.94. The number of rotatable bonds is 9. The van der Waals surface area contributed by atoms with E-state index in [0.29, 0.717) is 17.5 Å². The van der Waals surface area contributed by atoms with Gasteiger partial charge in [-0.1, -0.05) is 208 Å². The van der Waals surface area contributed by atoms with Gasteiger partial charge in [0.05, 0.1) is 5.69 Å². The lowest BCUT2D eigenvalue weighted by Crippen LogP contribution is -2.16. The maximum Gasteiger partial charge on any atom is 0.164 e. The molecule has 0 unspecified atom stereocenters. The van der Waals surface area contributed by atoms with Crippen LogP contribution in [0.25, 0.3) is 101 Å². The summed E-state index contributed by atoms with van der Waals surface area (Å²) >= 11 is 0. The molecule has 0 N–H and O–H groups in total. The zero-order chi connectivity index (χ0) is 47.5. The minimum atomic E-state index is -0.155. The molecule has 1 aliphatic carbocycles. The summed E-state index contributed by atoms with van der Waals surface area (Å²) in [5.74, 6) is 1.81. The first-order valence-corrected chi connectivity index (χ1v) is 24.2. The van der Waals surface area contributed by atoms with Gasteiger partial charge >= 0.3 is 0 Å². The van der Waals surface area contributed by atoms with Gasteiger partial charge in [0.1, 0.15) is 11.2 Å². The zero-order valence-corrected chi connectivity index (χ0v) is 39.3. The molecule has 2 heterocycles. The van der Waals surface area contributed by atoms with E-state index in [1.165, 1.54) is 33.4 Å². The van der Waals surface area contributed by atoms with E-state index in [4.69, 9.17) is 19.4 Å². The van der Waals surface area contributed by atoms with E-state index in [1.807, 2.05) is 72.8 Å². The summed E-state index contributed by atoms with van der Waals surface area (Å²) in [6.45, 7) is 4.69. The number of furan rings is 1. The number of hydrogen-bond donors (Lipinski definition) is 0. The molecule has 0 spiro atoms. The Morgan fingerprint density at radius 1 is 0.352 bits per heavy atom. The molecule has 71 heavy (non-hydrogen) atoms. The van der Waals surface area contributed by atoms with E-state index < -0.39 is 0 Å². The number of aromatic nitrogens is 3. The molecule has 0 radical (unpaired) electrons. The lowest BCUT2D eigenvalue weighted by Gasteiger charge is -2.30. The molecule has 1 aliphatic rings. The SMILES string of the molecule is CC1(C)c2ccccc2-c2c(N(c3ccc(-c4ccccc4)cc3)c3ccc(-c4ccc5oc6cccc(-c7nc(-c8ccccc8)nc(-c8ccccc8)n7)c6c5c4)c(-c4ccccc4)c3)cccc21. The molecule has 0 aliphatic heterocycles. The Morgan fingerprint density at radius 3 is 1.58 bits per heavy atom. The number of anilines is 3. The van der Waals surface area contributed by atoms with Crippen LogP contribution in [0.3, 0.4) is 0 Å². The number of benzene rings is 10. The van der Waals surface area contributed by atoms with Gasteiger partial charge in [-0.3, -0.25) is 0 Å². The first kappa shape index (κ1) is 42.0. The molecule has 0 saturated heterocycles. The van der Waals surface area contributed by atoms with Crippen LogP contribution in [0.4, 0.5) is 17.1 Å². The zero-order valence-electron chi connectivity index (χ0n) is 39.3. The Kier molecular flexibility index (Phi) is 10.1. The van der Waals surface area contributed by atoms with E-state index in [2.05, 4.69) is 189 Å². The molecule has 0 saturated carbocycles. The van der Waals surface area contributed by atoms with Crippen molar-refractivity contribution in [3.63, 3.8) is 0 Å². The summed E-state index contributed by atoms with van der Waals surface area (Å²) in [5.41, 5.74) is 19.4. The standard InChI is InChI=1S/C66H46N4O/c1-66(2)56-29-16-15-27-52(56)62-57(66)30-18-31-58(62)70(49-36-33-44(34-37-49)43-19-7-3-8-20-43)50-38-39-51(54(42-50)45-21-9-4-10-22-45)48-35-40-59-55(41-48)61-53(28-17-32-60(61)71-59)65-68-63(46-23-11-5-12-24-46)67-64(69-65)47-25-13-6-14-26-47/h3-42H,1-2H3. The topological polar surface area (TPSA) is 55.1 Å². The van der Waals surface area contributed by atoms with E-state index in [1.54, 1.807) is 0 Å². The molecule has 0 bridgehead atoms. The van der Waals surface area contributed by atoms with Gasteiger partial charge < -0.3 is 9.32 Å². The van der Waals surface area contributed by atoms with Crippen LogP contribution in [0.15, 0.2) is 247 Å². The summed E-state index contributed by atoms with van der Waals surface area (Å²) in [6.07, 6.45) is 0. The molecule has 336 valence electrons. The summed E-state index contributed by atoms with van der Waals surface area (Å²) < 4.78 is 6.63. The van der Waals surface area contributed by atoms with Gasteiger partial charge in [0.2, 0.25) is 0 Å². The Morgan fingerprint density at radius 2 is 0.887 bits per heavy atom. The molecule has 5 heteroatoms. The van der Waals surface area contributed by atoms with E-state index in [9.17, 15) is 0 Å². The van der Waals surface area contributed by atoms with Crippen molar-refractivity contribution in [2.45, 2.75) is 19.3 Å². The monoisotopic (exact) mass is 910 g/mol. The van der Waals surface area contributed by atoms with Crippen LogP contribution >= 0.6 is 0 Å². The summed E-state index contributed by atoms with van der Waals surface area (Å²) in [6, 6.07) is 85.9. The highest BCUT2D eigenvalue weighted by atomic mass is 16.3. The molecular formula is C66H46N4O. The first-order valence-electron chi connectivity index (χ1n) is 24.2. The summed E-state index contributed by atoms with van der Waals surface area (Å²) in [4.78, 5) is 17.7. The number of nitrogens with zero attached hydrogens (tertiary/aromatic N) is 4. The highest BCUT2D eigenvalue weighted by Gasteiger charge is 2.38. The predicted octanol–water partition coefficient (Wildman–Crippen LogP) is 17.5. The van der Waals surface area contributed by atoms with Crippen molar-refractivity contribution >= 4 is 39.0 Å². The third-order valence-corrected chi connectivity index (χ3v) is 14.2. The van der Waals surface area contributed by atoms with Gasteiger partial charge in [-0.05, 0) is 98.6 Å². The van der Waals surface area contributed by atoms with Crippen LogP contribution in [0.5, 0.6) is 0 Å². The van der Waals surface area contributed by atoms with Crippen molar-refractivity contribution in [1.29, 1.82) is 0 Å². The smallest absolute Gasteiger partial charge is 0.164 e. The van der Waals surface area contributed by atoms with E-state index in [-0.39, 0.29) is 5.41 Å². The molecule has 0 amide bonds. The fourth-order valence-corrected chi connectivity index (χ4v) is 10.7.